The fraction of sp³-hybridized carbons (Fsp3) is 0.455. The van der Waals surface area contributed by atoms with Crippen molar-refractivity contribution in [2.45, 2.75) is 64.1 Å². The molecule has 13 heteroatoms. The number of halogens is 1. The summed E-state index contributed by atoms with van der Waals surface area (Å²) in [6.45, 7) is 7.77. The van der Waals surface area contributed by atoms with Crippen molar-refractivity contribution in [1.29, 1.82) is 0 Å². The fourth-order valence-corrected chi connectivity index (χ4v) is 7.04. The predicted octanol–water partition coefficient (Wildman–Crippen LogP) is 6.66. The third-order valence-corrected chi connectivity index (χ3v) is 9.37. The molecule has 2 aliphatic rings. The topological polar surface area (TPSA) is 120 Å². The zero-order chi connectivity index (χ0) is 32.6. The largest absolute Gasteiger partial charge is 0.493 e. The van der Waals surface area contributed by atoms with Gasteiger partial charge in [0, 0.05) is 24.5 Å². The van der Waals surface area contributed by atoms with Crippen LogP contribution < -0.4 is 24.8 Å². The van der Waals surface area contributed by atoms with Gasteiger partial charge in [-0.1, -0.05) is 37.2 Å². The second-order valence-electron chi connectivity index (χ2n) is 11.1. The van der Waals surface area contributed by atoms with E-state index in [4.69, 9.17) is 24.3 Å². The van der Waals surface area contributed by atoms with E-state index in [9.17, 15) is 9.59 Å². The van der Waals surface area contributed by atoms with Crippen molar-refractivity contribution in [1.82, 2.24) is 19.7 Å². The molecule has 1 atom stereocenters. The van der Waals surface area contributed by atoms with Crippen molar-refractivity contribution in [2.24, 2.45) is 0 Å². The molecular formula is C33H41BrN6O5S. The predicted molar refractivity (Wildman–Crippen MR) is 183 cm³/mol. The molecule has 1 unspecified atom stereocenters. The molecule has 246 valence electrons. The maximum atomic E-state index is 14.1. The van der Waals surface area contributed by atoms with Crippen LogP contribution in [0.1, 0.15) is 64.5 Å². The van der Waals surface area contributed by atoms with Crippen LogP contribution in [0.25, 0.3) is 0 Å². The number of carbonyl (C=O) groups is 2. The van der Waals surface area contributed by atoms with E-state index in [0.717, 1.165) is 56.5 Å². The van der Waals surface area contributed by atoms with Crippen LogP contribution in [-0.4, -0.2) is 70.6 Å². The number of unbranched alkanes of at least 4 members (excludes halogenated alkanes) is 1. The number of benzene rings is 2. The van der Waals surface area contributed by atoms with E-state index < -0.39 is 6.04 Å². The number of likely N-dealkylation sites (tertiary alicyclic amines) is 1. The van der Waals surface area contributed by atoms with Gasteiger partial charge < -0.3 is 29.7 Å². The Morgan fingerprint density at radius 1 is 1.11 bits per heavy atom. The maximum Gasteiger partial charge on any atom is 0.260 e. The van der Waals surface area contributed by atoms with E-state index in [1.807, 2.05) is 55.1 Å². The Labute approximate surface area is 282 Å². The summed E-state index contributed by atoms with van der Waals surface area (Å²) in [6.07, 6.45) is 5.27. The lowest BCUT2D eigenvalue weighted by molar-refractivity contribution is -0.134. The molecule has 3 aromatic rings. The van der Waals surface area contributed by atoms with Crippen LogP contribution >= 0.6 is 27.7 Å². The number of anilines is 2. The van der Waals surface area contributed by atoms with Crippen LogP contribution in [0.5, 0.6) is 17.2 Å². The number of para-hydroxylation sites is 2. The number of carbonyl (C=O) groups excluding carboxylic acids is 2. The first-order chi connectivity index (χ1) is 22.3. The van der Waals surface area contributed by atoms with E-state index in [1.54, 1.807) is 23.6 Å². The molecule has 0 spiro atoms. The Morgan fingerprint density at radius 2 is 1.89 bits per heavy atom. The first-order valence-corrected chi connectivity index (χ1v) is 17.5. The molecular weight excluding hydrogens is 672 g/mol. The monoisotopic (exact) mass is 712 g/mol. The molecule has 2 aliphatic heterocycles. The lowest BCUT2D eigenvalue weighted by Gasteiger charge is -2.29. The number of allylic oxidation sites excluding steroid dienone is 1. The maximum absolute atomic E-state index is 14.1. The molecule has 46 heavy (non-hydrogen) atoms. The Bertz CT molecular complexity index is 1590. The summed E-state index contributed by atoms with van der Waals surface area (Å²) in [5.74, 6) is 2.48. The van der Waals surface area contributed by atoms with Gasteiger partial charge in [0.2, 0.25) is 11.1 Å². The van der Waals surface area contributed by atoms with E-state index in [1.165, 1.54) is 0 Å². The van der Waals surface area contributed by atoms with Gasteiger partial charge in [0.25, 0.3) is 11.8 Å². The molecule has 0 saturated carbocycles. The summed E-state index contributed by atoms with van der Waals surface area (Å²) >= 11 is 5.25. The van der Waals surface area contributed by atoms with Crippen LogP contribution in [0.15, 0.2) is 57.3 Å². The Kier molecular flexibility index (Phi) is 11.5. The third kappa shape index (κ3) is 7.63. The minimum absolute atomic E-state index is 0.0544. The fourth-order valence-electron chi connectivity index (χ4n) is 5.55. The first kappa shape index (κ1) is 33.6. The molecule has 5 rings (SSSR count). The Balaban J connectivity index is 1.50. The van der Waals surface area contributed by atoms with Gasteiger partial charge in [-0.3, -0.25) is 9.59 Å². The number of rotatable bonds is 13. The van der Waals surface area contributed by atoms with E-state index >= 15 is 0 Å². The number of nitrogens with zero attached hydrogens (tertiary/aromatic N) is 4. The molecule has 0 bridgehead atoms. The molecule has 2 N–H and O–H groups in total. The van der Waals surface area contributed by atoms with Crippen LogP contribution in [0.4, 0.5) is 11.6 Å². The van der Waals surface area contributed by atoms with Gasteiger partial charge in [-0.05, 0) is 85.3 Å². The number of piperidine rings is 1. The average molecular weight is 714 g/mol. The second-order valence-corrected chi connectivity index (χ2v) is 13.0. The lowest BCUT2D eigenvalue weighted by Crippen LogP contribution is -2.38. The third-order valence-electron chi connectivity index (χ3n) is 7.86. The number of hydrogen-bond donors (Lipinski definition) is 2. The molecule has 1 aromatic heterocycles. The number of methoxy groups -OCH3 is 1. The zero-order valence-electron chi connectivity index (χ0n) is 26.7. The molecule has 3 heterocycles. The minimum atomic E-state index is -0.655. The Morgan fingerprint density at radius 3 is 2.63 bits per heavy atom. The number of hydrogen-bond acceptors (Lipinski definition) is 9. The van der Waals surface area contributed by atoms with Crippen LogP contribution in [0.3, 0.4) is 0 Å². The lowest BCUT2D eigenvalue weighted by atomic mass is 9.94. The van der Waals surface area contributed by atoms with Crippen LogP contribution in [-0.2, 0) is 9.59 Å². The van der Waals surface area contributed by atoms with Gasteiger partial charge in [0.15, 0.2) is 18.1 Å². The number of thioether (sulfide) groups is 1. The standard InChI is InChI=1S/C33H41BrN6O5S/c1-5-7-17-46-33-37-32-35-21(3)28(31(42)36-24-13-9-10-14-25(24)44-6-2)29(40(32)38-33)22-18-23(34)30(26(19-22)43-4)45-20-27(41)39-15-11-8-12-16-39/h9-10,13-14,18-19,29H,5-8,11-12,15-17,20H2,1-4H3,(H,36,42)(H,35,37,38). The first-order valence-electron chi connectivity index (χ1n) is 15.7. The smallest absolute Gasteiger partial charge is 0.260 e. The number of aromatic nitrogens is 3. The van der Waals surface area contributed by atoms with Gasteiger partial charge >= 0.3 is 0 Å². The summed E-state index contributed by atoms with van der Waals surface area (Å²) in [5.41, 5.74) is 2.38. The highest BCUT2D eigenvalue weighted by Crippen LogP contribution is 2.43. The molecule has 0 aliphatic carbocycles. The van der Waals surface area contributed by atoms with Crippen molar-refractivity contribution in [3.8, 4) is 17.2 Å². The molecule has 2 amide bonds. The van der Waals surface area contributed by atoms with Crippen molar-refractivity contribution in [3.63, 3.8) is 0 Å². The normalized spacial score (nSPS) is 16.0. The van der Waals surface area contributed by atoms with Crippen LogP contribution in [0, 0.1) is 0 Å². The average Bonchev–Trinajstić information content (AvgIpc) is 3.46. The van der Waals surface area contributed by atoms with Gasteiger partial charge in [-0.2, -0.15) is 4.98 Å². The number of fused-ring (bicyclic) bond motifs is 1. The quantitative estimate of drug-likeness (QED) is 0.148. The van der Waals surface area contributed by atoms with E-state index in [0.29, 0.717) is 56.4 Å². The van der Waals surface area contributed by atoms with Crippen molar-refractivity contribution in [3.05, 3.63) is 57.7 Å². The highest BCUT2D eigenvalue weighted by atomic mass is 79.9. The summed E-state index contributed by atoms with van der Waals surface area (Å²) in [4.78, 5) is 33.6. The van der Waals surface area contributed by atoms with Gasteiger partial charge in [0.05, 0.1) is 29.4 Å². The van der Waals surface area contributed by atoms with Gasteiger partial charge in [-0.15, -0.1) is 5.10 Å². The summed E-state index contributed by atoms with van der Waals surface area (Å²) in [7, 11) is 1.55. The summed E-state index contributed by atoms with van der Waals surface area (Å²) in [5, 5.41) is 11.8. The molecule has 11 nitrogen and oxygen atoms in total. The van der Waals surface area contributed by atoms with Gasteiger partial charge in [-0.25, -0.2) is 4.68 Å². The van der Waals surface area contributed by atoms with E-state index in [-0.39, 0.29) is 18.4 Å². The molecule has 0 radical (unpaired) electrons. The van der Waals surface area contributed by atoms with Crippen LogP contribution in [0.2, 0.25) is 0 Å². The summed E-state index contributed by atoms with van der Waals surface area (Å²) in [6, 6.07) is 10.4. The highest BCUT2D eigenvalue weighted by molar-refractivity contribution is 9.10. The van der Waals surface area contributed by atoms with Crippen molar-refractivity contribution < 1.29 is 23.8 Å². The van der Waals surface area contributed by atoms with E-state index in [2.05, 4.69) is 33.5 Å². The number of ether oxygens (including phenoxy) is 3. The molecule has 2 aromatic carbocycles. The summed E-state index contributed by atoms with van der Waals surface area (Å²) < 4.78 is 19.9. The highest BCUT2D eigenvalue weighted by Gasteiger charge is 2.36. The Hall–Kier alpha value is -3.71. The molecule has 1 saturated heterocycles. The van der Waals surface area contributed by atoms with Crippen molar-refractivity contribution >= 4 is 51.1 Å². The van der Waals surface area contributed by atoms with Gasteiger partial charge in [0.1, 0.15) is 11.8 Å². The minimum Gasteiger partial charge on any atom is -0.493 e. The number of amides is 2. The second kappa shape index (κ2) is 15.7. The molecule has 1 fully saturated rings. The van der Waals surface area contributed by atoms with Crippen molar-refractivity contribution in [2.75, 3.05) is 49.8 Å². The zero-order valence-corrected chi connectivity index (χ0v) is 29.1. The SMILES string of the molecule is CCCCSc1nc2n(n1)C(c1cc(Br)c(OCC(=O)N3CCCCC3)c(OC)c1)C(C(=O)Nc1ccccc1OCC)=C(C)N2. The number of nitrogens with one attached hydrogen (secondary N) is 2.